The first kappa shape index (κ1) is 19.0. The smallest absolute Gasteiger partial charge is 0.334 e. The van der Waals surface area contributed by atoms with Crippen LogP contribution in [0.25, 0.3) is 11.0 Å². The number of fused-ring (bicyclic) bond motifs is 1. The topological polar surface area (TPSA) is 74.8 Å². The van der Waals surface area contributed by atoms with E-state index in [0.29, 0.717) is 12.1 Å². The van der Waals surface area contributed by atoms with E-state index in [2.05, 4.69) is 4.98 Å². The summed E-state index contributed by atoms with van der Waals surface area (Å²) in [6.45, 7) is 0. The third-order valence-electron chi connectivity index (χ3n) is 3.47. The summed E-state index contributed by atoms with van der Waals surface area (Å²) in [7, 11) is -4.39. The molecule has 5 nitrogen and oxygen atoms in total. The highest BCUT2D eigenvalue weighted by Gasteiger charge is 2.35. The molecule has 0 spiro atoms. The minimum absolute atomic E-state index is 0.0515. The van der Waals surface area contributed by atoms with Crippen LogP contribution in [0.3, 0.4) is 0 Å². The van der Waals surface area contributed by atoms with Crippen LogP contribution in [-0.4, -0.2) is 18.4 Å². The summed E-state index contributed by atoms with van der Waals surface area (Å²) in [5.74, 6) is -1.25. The van der Waals surface area contributed by atoms with Crippen molar-refractivity contribution in [1.82, 2.24) is 9.97 Å². The number of aromatic nitrogens is 2. The van der Waals surface area contributed by atoms with Gasteiger partial charge in [0, 0.05) is 0 Å². The molecule has 3 aromatic rings. The van der Waals surface area contributed by atoms with Gasteiger partial charge in [-0.2, -0.15) is 26.3 Å². The van der Waals surface area contributed by atoms with Crippen molar-refractivity contribution in [3.05, 3.63) is 53.9 Å². The quantitative estimate of drug-likeness (QED) is 0.630. The van der Waals surface area contributed by atoms with Crippen LogP contribution in [0.1, 0.15) is 11.4 Å². The molecule has 0 saturated heterocycles. The molecule has 0 aliphatic carbocycles. The minimum atomic E-state index is -4.73. The number of hydrogen-bond donors (Lipinski definition) is 2. The van der Waals surface area contributed by atoms with Gasteiger partial charge >= 0.3 is 12.4 Å². The number of alkyl halides is 6. The van der Waals surface area contributed by atoms with Gasteiger partial charge in [0.2, 0.25) is 5.82 Å². The SMILES string of the molecule is O=S(=O)(Nc1ccc2nc(C(F)(F)F)[nH]c2c1)c1cccc(C(F)(F)F)c1. The first-order valence-corrected chi connectivity index (χ1v) is 8.62. The molecule has 1 heterocycles. The summed E-state index contributed by atoms with van der Waals surface area (Å²) in [6.07, 6.45) is -9.44. The average molecular weight is 409 g/mol. The van der Waals surface area contributed by atoms with Gasteiger partial charge in [0.15, 0.2) is 0 Å². The Bertz CT molecular complexity index is 1100. The van der Waals surface area contributed by atoms with E-state index in [-0.39, 0.29) is 16.7 Å². The van der Waals surface area contributed by atoms with Gasteiger partial charge in [0.25, 0.3) is 10.0 Å². The summed E-state index contributed by atoms with van der Waals surface area (Å²) >= 11 is 0. The molecular formula is C15H9F6N3O2S. The molecule has 0 radical (unpaired) electrons. The van der Waals surface area contributed by atoms with E-state index in [9.17, 15) is 34.8 Å². The highest BCUT2D eigenvalue weighted by atomic mass is 32.2. The third kappa shape index (κ3) is 3.99. The Hall–Kier alpha value is -2.76. The lowest BCUT2D eigenvalue weighted by Gasteiger charge is -2.11. The van der Waals surface area contributed by atoms with E-state index in [1.807, 2.05) is 9.71 Å². The number of rotatable bonds is 3. The number of hydrogen-bond acceptors (Lipinski definition) is 3. The van der Waals surface area contributed by atoms with Gasteiger partial charge < -0.3 is 4.98 Å². The van der Waals surface area contributed by atoms with Crippen molar-refractivity contribution in [2.24, 2.45) is 0 Å². The number of benzene rings is 2. The van der Waals surface area contributed by atoms with E-state index >= 15 is 0 Å². The highest BCUT2D eigenvalue weighted by molar-refractivity contribution is 7.92. The number of imidazole rings is 1. The van der Waals surface area contributed by atoms with Crippen molar-refractivity contribution in [2.45, 2.75) is 17.2 Å². The Balaban J connectivity index is 1.94. The predicted octanol–water partition coefficient (Wildman–Crippen LogP) is 4.40. The number of anilines is 1. The van der Waals surface area contributed by atoms with E-state index in [0.717, 1.165) is 30.3 Å². The molecule has 144 valence electrons. The van der Waals surface area contributed by atoms with Gasteiger partial charge in [-0.1, -0.05) is 6.07 Å². The third-order valence-corrected chi connectivity index (χ3v) is 4.85. The predicted molar refractivity (Wildman–Crippen MR) is 83.3 cm³/mol. The second-order valence-corrected chi connectivity index (χ2v) is 7.13. The Labute approximate surface area is 148 Å². The second-order valence-electron chi connectivity index (χ2n) is 5.45. The molecule has 12 heteroatoms. The summed E-state index contributed by atoms with van der Waals surface area (Å²) in [5.41, 5.74) is -1.43. The lowest BCUT2D eigenvalue weighted by molar-refractivity contribution is -0.144. The molecule has 27 heavy (non-hydrogen) atoms. The zero-order chi connectivity index (χ0) is 20.0. The van der Waals surface area contributed by atoms with Gasteiger partial charge in [-0.05, 0) is 36.4 Å². The molecule has 0 bridgehead atoms. The van der Waals surface area contributed by atoms with Crippen LogP contribution in [0.5, 0.6) is 0 Å². The van der Waals surface area contributed by atoms with Crippen molar-refractivity contribution < 1.29 is 34.8 Å². The fraction of sp³-hybridized carbons (Fsp3) is 0.133. The molecule has 0 unspecified atom stereocenters. The zero-order valence-electron chi connectivity index (χ0n) is 13.0. The van der Waals surface area contributed by atoms with Crippen LogP contribution < -0.4 is 4.72 Å². The number of halogens is 6. The lowest BCUT2D eigenvalue weighted by Crippen LogP contribution is -2.14. The van der Waals surface area contributed by atoms with E-state index in [1.54, 1.807) is 0 Å². The molecule has 0 amide bonds. The molecule has 1 aromatic heterocycles. The number of H-pyrrole nitrogens is 1. The van der Waals surface area contributed by atoms with E-state index in [1.165, 1.54) is 0 Å². The largest absolute Gasteiger partial charge is 0.449 e. The molecule has 0 saturated carbocycles. The van der Waals surface area contributed by atoms with Crippen LogP contribution in [0.4, 0.5) is 32.0 Å². The zero-order valence-corrected chi connectivity index (χ0v) is 13.8. The number of aromatic amines is 1. The summed E-state index contributed by atoms with van der Waals surface area (Å²) < 4.78 is 103. The number of nitrogens with one attached hydrogen (secondary N) is 2. The Morgan fingerprint density at radius 1 is 0.926 bits per heavy atom. The maximum Gasteiger partial charge on any atom is 0.449 e. The van der Waals surface area contributed by atoms with E-state index < -0.39 is 38.7 Å². The summed E-state index contributed by atoms with van der Waals surface area (Å²) in [6, 6.07) is 6.43. The average Bonchev–Trinajstić information content (AvgIpc) is 2.97. The molecule has 0 aliphatic rings. The monoisotopic (exact) mass is 409 g/mol. The van der Waals surface area contributed by atoms with Crippen LogP contribution in [-0.2, 0) is 22.4 Å². The van der Waals surface area contributed by atoms with Gasteiger partial charge in [0.05, 0.1) is 27.2 Å². The summed E-state index contributed by atoms with van der Waals surface area (Å²) in [5, 5.41) is 0. The van der Waals surface area contributed by atoms with Gasteiger partial charge in [-0.3, -0.25) is 4.72 Å². The van der Waals surface area contributed by atoms with Gasteiger partial charge in [0.1, 0.15) is 0 Å². The lowest BCUT2D eigenvalue weighted by atomic mass is 10.2. The summed E-state index contributed by atoms with van der Waals surface area (Å²) in [4.78, 5) is 4.71. The van der Waals surface area contributed by atoms with Crippen molar-refractivity contribution in [2.75, 3.05) is 4.72 Å². The first-order valence-electron chi connectivity index (χ1n) is 7.13. The molecular weight excluding hydrogens is 400 g/mol. The Kier molecular flexibility index (Phi) is 4.33. The molecule has 0 aliphatic heterocycles. The highest BCUT2D eigenvalue weighted by Crippen LogP contribution is 2.32. The van der Waals surface area contributed by atoms with Crippen LogP contribution in [0.2, 0.25) is 0 Å². The maximum atomic E-state index is 12.7. The Morgan fingerprint density at radius 2 is 1.63 bits per heavy atom. The Morgan fingerprint density at radius 3 is 2.26 bits per heavy atom. The van der Waals surface area contributed by atoms with Crippen LogP contribution >= 0.6 is 0 Å². The van der Waals surface area contributed by atoms with Crippen LogP contribution in [0.15, 0.2) is 47.4 Å². The molecule has 3 rings (SSSR count). The van der Waals surface area contributed by atoms with Crippen molar-refractivity contribution >= 4 is 26.7 Å². The van der Waals surface area contributed by atoms with Crippen molar-refractivity contribution in [3.63, 3.8) is 0 Å². The standard InChI is InChI=1S/C15H9F6N3O2S/c16-14(17,18)8-2-1-3-10(6-8)27(25,26)24-9-4-5-11-12(7-9)23-13(22-11)15(19,20)21/h1-7,24H,(H,22,23). The number of sulfonamides is 1. The molecule has 2 N–H and O–H groups in total. The first-order chi connectivity index (χ1) is 12.4. The maximum absolute atomic E-state index is 12.7. The van der Waals surface area contributed by atoms with Crippen molar-refractivity contribution in [1.29, 1.82) is 0 Å². The number of nitrogens with zero attached hydrogens (tertiary/aromatic N) is 1. The van der Waals surface area contributed by atoms with Crippen LogP contribution in [0, 0.1) is 0 Å². The van der Waals surface area contributed by atoms with Gasteiger partial charge in [-0.15, -0.1) is 0 Å². The molecule has 0 fully saturated rings. The second kappa shape index (κ2) is 6.15. The normalized spacial score (nSPS) is 13.1. The molecule has 0 atom stereocenters. The van der Waals surface area contributed by atoms with E-state index in [4.69, 9.17) is 0 Å². The minimum Gasteiger partial charge on any atom is -0.334 e. The fourth-order valence-corrected chi connectivity index (χ4v) is 3.36. The fourth-order valence-electron chi connectivity index (χ4n) is 2.26. The molecule has 2 aromatic carbocycles. The van der Waals surface area contributed by atoms with Gasteiger partial charge in [-0.25, -0.2) is 13.4 Å². The van der Waals surface area contributed by atoms with Crippen molar-refractivity contribution in [3.8, 4) is 0 Å².